The van der Waals surface area contributed by atoms with Gasteiger partial charge in [0, 0.05) is 24.0 Å². The number of nitrogens with one attached hydrogen (secondary N) is 1. The lowest BCUT2D eigenvalue weighted by molar-refractivity contribution is 0.576. The fourth-order valence-corrected chi connectivity index (χ4v) is 3.60. The first-order valence-corrected chi connectivity index (χ1v) is 9.19. The number of benzene rings is 1. The smallest absolute Gasteiger partial charge is 0.215 e. The number of sulfonamides is 1. The number of halogens is 1. The Morgan fingerprint density at radius 1 is 1.09 bits per heavy atom. The lowest BCUT2D eigenvalue weighted by Gasteiger charge is -2.08. The first-order chi connectivity index (χ1) is 10.6. The highest BCUT2D eigenvalue weighted by molar-refractivity contribution is 7.88. The molecule has 0 atom stereocenters. The quantitative estimate of drug-likeness (QED) is 0.752. The van der Waals surface area contributed by atoms with Crippen molar-refractivity contribution in [2.75, 3.05) is 6.54 Å². The van der Waals surface area contributed by atoms with Crippen LogP contribution in [0.1, 0.15) is 24.0 Å². The van der Waals surface area contributed by atoms with Crippen LogP contribution >= 0.6 is 11.6 Å². The second kappa shape index (κ2) is 8.27. The van der Waals surface area contributed by atoms with Gasteiger partial charge in [-0.3, -0.25) is 4.98 Å². The highest BCUT2D eigenvalue weighted by atomic mass is 35.5. The van der Waals surface area contributed by atoms with Crippen molar-refractivity contribution in [1.82, 2.24) is 9.71 Å². The van der Waals surface area contributed by atoms with Gasteiger partial charge >= 0.3 is 0 Å². The number of pyridine rings is 1. The minimum atomic E-state index is -3.35. The SMILES string of the molecule is O=S(=O)(Cc1ccccc1Cl)NCCCCc1cccnc1. The van der Waals surface area contributed by atoms with E-state index in [1.165, 1.54) is 5.56 Å². The Labute approximate surface area is 136 Å². The third kappa shape index (κ3) is 5.75. The van der Waals surface area contributed by atoms with E-state index in [2.05, 4.69) is 9.71 Å². The summed E-state index contributed by atoms with van der Waals surface area (Å²) in [5.41, 5.74) is 1.79. The largest absolute Gasteiger partial charge is 0.264 e. The Hall–Kier alpha value is -1.43. The molecular weight excluding hydrogens is 320 g/mol. The summed E-state index contributed by atoms with van der Waals surface area (Å²) in [4.78, 5) is 4.05. The monoisotopic (exact) mass is 338 g/mol. The minimum Gasteiger partial charge on any atom is -0.264 e. The van der Waals surface area contributed by atoms with Crippen molar-refractivity contribution in [1.29, 1.82) is 0 Å². The lowest BCUT2D eigenvalue weighted by atomic mass is 10.1. The maximum Gasteiger partial charge on any atom is 0.215 e. The van der Waals surface area contributed by atoms with E-state index in [1.807, 2.05) is 18.3 Å². The molecule has 2 aromatic rings. The van der Waals surface area contributed by atoms with Gasteiger partial charge in [0.25, 0.3) is 0 Å². The standard InChI is InChI=1S/C16H19ClN2O2S/c17-16-9-2-1-8-15(16)13-22(20,21)19-11-4-3-6-14-7-5-10-18-12-14/h1-2,5,7-10,12,19H,3-4,6,11,13H2. The average Bonchev–Trinajstić information content (AvgIpc) is 2.50. The molecule has 0 radical (unpaired) electrons. The molecule has 0 aliphatic carbocycles. The molecule has 1 aromatic heterocycles. The van der Waals surface area contributed by atoms with E-state index in [0.717, 1.165) is 19.3 Å². The Kier molecular flexibility index (Phi) is 6.36. The summed E-state index contributed by atoms with van der Waals surface area (Å²) < 4.78 is 26.6. The van der Waals surface area contributed by atoms with Crippen molar-refractivity contribution < 1.29 is 8.42 Å². The predicted molar refractivity (Wildman–Crippen MR) is 89.3 cm³/mol. The number of aryl methyl sites for hydroxylation is 1. The molecule has 118 valence electrons. The minimum absolute atomic E-state index is 0.0880. The normalized spacial score (nSPS) is 11.5. The molecule has 0 saturated carbocycles. The second-order valence-electron chi connectivity index (χ2n) is 5.06. The predicted octanol–water partition coefficient (Wildman–Crippen LogP) is 3.18. The molecule has 0 unspecified atom stereocenters. The summed E-state index contributed by atoms with van der Waals surface area (Å²) >= 11 is 5.98. The number of aromatic nitrogens is 1. The van der Waals surface area contributed by atoms with Crippen LogP contribution in [0.3, 0.4) is 0 Å². The lowest BCUT2D eigenvalue weighted by Crippen LogP contribution is -2.26. The summed E-state index contributed by atoms with van der Waals surface area (Å²) in [6, 6.07) is 10.9. The molecule has 1 N–H and O–H groups in total. The van der Waals surface area contributed by atoms with E-state index in [1.54, 1.807) is 30.5 Å². The summed E-state index contributed by atoms with van der Waals surface area (Å²) in [5, 5.41) is 0.476. The van der Waals surface area contributed by atoms with Crippen LogP contribution in [-0.2, 0) is 22.2 Å². The molecule has 0 saturated heterocycles. The molecule has 0 amide bonds. The van der Waals surface area contributed by atoms with Gasteiger partial charge in [-0.2, -0.15) is 0 Å². The van der Waals surface area contributed by atoms with Gasteiger partial charge in [0.05, 0.1) is 5.75 Å². The van der Waals surface area contributed by atoms with Gasteiger partial charge in [-0.25, -0.2) is 13.1 Å². The molecule has 4 nitrogen and oxygen atoms in total. The number of unbranched alkanes of at least 4 members (excludes halogenated alkanes) is 1. The van der Waals surface area contributed by atoms with Gasteiger partial charge in [-0.1, -0.05) is 35.9 Å². The maximum absolute atomic E-state index is 12.0. The summed E-state index contributed by atoms with van der Waals surface area (Å²) in [5.74, 6) is -0.0880. The molecule has 1 aromatic carbocycles. The molecular formula is C16H19ClN2O2S. The van der Waals surface area contributed by atoms with Crippen molar-refractivity contribution >= 4 is 21.6 Å². The van der Waals surface area contributed by atoms with Crippen molar-refractivity contribution in [2.24, 2.45) is 0 Å². The Bertz CT molecular complexity index is 690. The van der Waals surface area contributed by atoms with Crippen LogP contribution in [0.4, 0.5) is 0 Å². The molecule has 0 aliphatic rings. The van der Waals surface area contributed by atoms with Crippen LogP contribution in [0.15, 0.2) is 48.8 Å². The maximum atomic E-state index is 12.0. The van der Waals surface area contributed by atoms with Crippen LogP contribution in [0.5, 0.6) is 0 Å². The molecule has 0 aliphatic heterocycles. The molecule has 1 heterocycles. The van der Waals surface area contributed by atoms with Gasteiger partial charge in [0.1, 0.15) is 0 Å². The molecule has 2 rings (SSSR count). The molecule has 0 spiro atoms. The molecule has 0 fully saturated rings. The Balaban J connectivity index is 1.73. The van der Waals surface area contributed by atoms with Gasteiger partial charge < -0.3 is 0 Å². The number of hydrogen-bond acceptors (Lipinski definition) is 3. The third-order valence-corrected chi connectivity index (χ3v) is 4.94. The third-order valence-electron chi connectivity index (χ3n) is 3.24. The van der Waals surface area contributed by atoms with E-state index >= 15 is 0 Å². The number of nitrogens with zero attached hydrogens (tertiary/aromatic N) is 1. The molecule has 0 bridgehead atoms. The summed E-state index contributed by atoms with van der Waals surface area (Å²) in [6.07, 6.45) is 6.19. The Morgan fingerprint density at radius 3 is 2.64 bits per heavy atom. The summed E-state index contributed by atoms with van der Waals surface area (Å²) in [7, 11) is -3.35. The fraction of sp³-hybridized carbons (Fsp3) is 0.312. The van der Waals surface area contributed by atoms with Crippen LogP contribution in [0.2, 0.25) is 5.02 Å². The summed E-state index contributed by atoms with van der Waals surface area (Å²) in [6.45, 7) is 0.438. The molecule has 6 heteroatoms. The van der Waals surface area contributed by atoms with Crippen molar-refractivity contribution in [2.45, 2.75) is 25.0 Å². The van der Waals surface area contributed by atoms with Gasteiger partial charge in [-0.15, -0.1) is 0 Å². The topological polar surface area (TPSA) is 59.1 Å². The van der Waals surface area contributed by atoms with E-state index in [0.29, 0.717) is 17.1 Å². The highest BCUT2D eigenvalue weighted by Gasteiger charge is 2.12. The van der Waals surface area contributed by atoms with E-state index in [9.17, 15) is 8.42 Å². The fourth-order valence-electron chi connectivity index (χ4n) is 2.10. The second-order valence-corrected chi connectivity index (χ2v) is 7.28. The first kappa shape index (κ1) is 16.9. The van der Waals surface area contributed by atoms with Crippen molar-refractivity contribution in [3.05, 3.63) is 64.9 Å². The van der Waals surface area contributed by atoms with Gasteiger partial charge in [0.2, 0.25) is 10.0 Å². The van der Waals surface area contributed by atoms with E-state index in [4.69, 9.17) is 11.6 Å². The van der Waals surface area contributed by atoms with Gasteiger partial charge in [-0.05, 0) is 42.5 Å². The van der Waals surface area contributed by atoms with E-state index in [-0.39, 0.29) is 5.75 Å². The van der Waals surface area contributed by atoms with Crippen LogP contribution < -0.4 is 4.72 Å². The zero-order valence-corrected chi connectivity index (χ0v) is 13.8. The zero-order chi connectivity index (χ0) is 15.8. The molecule has 22 heavy (non-hydrogen) atoms. The van der Waals surface area contributed by atoms with Gasteiger partial charge in [0.15, 0.2) is 0 Å². The van der Waals surface area contributed by atoms with Crippen LogP contribution in [0.25, 0.3) is 0 Å². The average molecular weight is 339 g/mol. The van der Waals surface area contributed by atoms with Crippen LogP contribution in [0, 0.1) is 0 Å². The highest BCUT2D eigenvalue weighted by Crippen LogP contribution is 2.17. The van der Waals surface area contributed by atoms with Crippen LogP contribution in [-0.4, -0.2) is 19.9 Å². The number of hydrogen-bond donors (Lipinski definition) is 1. The Morgan fingerprint density at radius 2 is 1.91 bits per heavy atom. The number of rotatable bonds is 8. The van der Waals surface area contributed by atoms with E-state index < -0.39 is 10.0 Å². The first-order valence-electron chi connectivity index (χ1n) is 7.16. The van der Waals surface area contributed by atoms with Crippen molar-refractivity contribution in [3.63, 3.8) is 0 Å². The zero-order valence-electron chi connectivity index (χ0n) is 12.2. The van der Waals surface area contributed by atoms with Crippen molar-refractivity contribution in [3.8, 4) is 0 Å².